The molecule has 3 nitrogen and oxygen atoms in total. The fourth-order valence-electron chi connectivity index (χ4n) is 6.43. The van der Waals surface area contributed by atoms with E-state index < -0.39 is 0 Å². The maximum Gasteiger partial charge on any atom is 0.175 e. The fraction of sp³-hybridized carbons (Fsp3) is 0.538. The summed E-state index contributed by atoms with van der Waals surface area (Å²) < 4.78 is 12.8. The molecule has 0 spiro atoms. The number of aryl methyl sites for hydroxylation is 1. The van der Waals surface area contributed by atoms with Crippen LogP contribution in [0.2, 0.25) is 0 Å². The maximum absolute atomic E-state index is 6.16. The SMILES string of the molecule is COc1cc(CNC2C3CC4CC(C3)CC2C4)cc(Br)c1OCc1ccccc1C. The molecular formula is C26H32BrNO2. The van der Waals surface area contributed by atoms with Gasteiger partial charge in [-0.2, -0.15) is 0 Å². The molecule has 0 atom stereocenters. The minimum absolute atomic E-state index is 0.535. The number of nitrogens with one attached hydrogen (secondary N) is 1. The van der Waals surface area contributed by atoms with Gasteiger partial charge in [0.2, 0.25) is 0 Å². The van der Waals surface area contributed by atoms with Crippen LogP contribution in [0.5, 0.6) is 11.5 Å². The van der Waals surface area contributed by atoms with Crippen molar-refractivity contribution in [2.24, 2.45) is 23.7 Å². The van der Waals surface area contributed by atoms with E-state index in [1.807, 2.05) is 0 Å². The lowest BCUT2D eigenvalue weighted by molar-refractivity contribution is -0.0142. The highest BCUT2D eigenvalue weighted by molar-refractivity contribution is 9.10. The second-order valence-electron chi connectivity index (χ2n) is 9.66. The smallest absolute Gasteiger partial charge is 0.175 e. The predicted octanol–water partition coefficient (Wildman–Crippen LogP) is 6.26. The molecule has 6 rings (SSSR count). The third-order valence-electron chi connectivity index (χ3n) is 7.69. The number of hydrogen-bond acceptors (Lipinski definition) is 3. The quantitative estimate of drug-likeness (QED) is 0.518. The Morgan fingerprint density at radius 1 is 1.00 bits per heavy atom. The van der Waals surface area contributed by atoms with E-state index >= 15 is 0 Å². The van der Waals surface area contributed by atoms with E-state index in [9.17, 15) is 0 Å². The minimum Gasteiger partial charge on any atom is -0.493 e. The average molecular weight is 470 g/mol. The normalized spacial score (nSPS) is 29.2. The number of halogens is 1. The molecule has 4 fully saturated rings. The highest BCUT2D eigenvalue weighted by Crippen LogP contribution is 2.53. The van der Waals surface area contributed by atoms with E-state index in [1.54, 1.807) is 7.11 Å². The average Bonchev–Trinajstić information content (AvgIpc) is 2.72. The Balaban J connectivity index is 1.26. The zero-order valence-electron chi connectivity index (χ0n) is 18.0. The standard InChI is InChI=1S/C26H32BrNO2/c1-16-5-3-4-6-20(16)15-30-26-23(27)12-19(13-24(26)29-2)14-28-25-21-8-17-7-18(10-21)11-22(25)9-17/h3-6,12-13,17-18,21-22,25,28H,7-11,14-15H2,1-2H3. The van der Waals surface area contributed by atoms with Crippen molar-refractivity contribution in [1.82, 2.24) is 5.32 Å². The number of methoxy groups -OCH3 is 1. The minimum atomic E-state index is 0.535. The van der Waals surface area contributed by atoms with Gasteiger partial charge in [0.25, 0.3) is 0 Å². The number of hydrogen-bond donors (Lipinski definition) is 1. The molecule has 160 valence electrons. The van der Waals surface area contributed by atoms with E-state index in [0.29, 0.717) is 12.6 Å². The lowest BCUT2D eigenvalue weighted by Gasteiger charge is -2.54. The van der Waals surface area contributed by atoms with Crippen LogP contribution in [0.15, 0.2) is 40.9 Å². The van der Waals surface area contributed by atoms with Crippen LogP contribution in [0.25, 0.3) is 0 Å². The van der Waals surface area contributed by atoms with Crippen molar-refractivity contribution >= 4 is 15.9 Å². The van der Waals surface area contributed by atoms with E-state index in [1.165, 1.54) is 48.8 Å². The lowest BCUT2D eigenvalue weighted by atomic mass is 9.54. The van der Waals surface area contributed by atoms with E-state index in [0.717, 1.165) is 46.2 Å². The fourth-order valence-corrected chi connectivity index (χ4v) is 7.04. The lowest BCUT2D eigenvalue weighted by Crippen LogP contribution is -2.54. The first-order valence-electron chi connectivity index (χ1n) is 11.4. The van der Waals surface area contributed by atoms with E-state index in [4.69, 9.17) is 9.47 Å². The van der Waals surface area contributed by atoms with Crippen LogP contribution < -0.4 is 14.8 Å². The molecule has 0 heterocycles. The monoisotopic (exact) mass is 469 g/mol. The van der Waals surface area contributed by atoms with Gasteiger partial charge in [-0.05, 0) is 107 Å². The molecule has 2 aromatic carbocycles. The first-order chi connectivity index (χ1) is 14.6. The summed E-state index contributed by atoms with van der Waals surface area (Å²) in [5, 5.41) is 3.93. The molecular weight excluding hydrogens is 438 g/mol. The summed E-state index contributed by atoms with van der Waals surface area (Å²) >= 11 is 3.73. The number of ether oxygens (including phenoxy) is 2. The molecule has 4 bridgehead atoms. The molecule has 1 N–H and O–H groups in total. The van der Waals surface area contributed by atoms with Crippen LogP contribution in [-0.2, 0) is 13.2 Å². The molecule has 0 amide bonds. The van der Waals surface area contributed by atoms with Crippen LogP contribution >= 0.6 is 15.9 Å². The third kappa shape index (κ3) is 4.01. The van der Waals surface area contributed by atoms with Crippen LogP contribution in [0, 0.1) is 30.6 Å². The predicted molar refractivity (Wildman–Crippen MR) is 124 cm³/mol. The van der Waals surface area contributed by atoms with Crippen molar-refractivity contribution < 1.29 is 9.47 Å². The number of benzene rings is 2. The van der Waals surface area contributed by atoms with Crippen molar-refractivity contribution in [2.45, 2.75) is 58.2 Å². The Labute approximate surface area is 188 Å². The summed E-state index contributed by atoms with van der Waals surface area (Å²) in [5.41, 5.74) is 3.68. The van der Waals surface area contributed by atoms with Gasteiger partial charge in [0.1, 0.15) is 6.61 Å². The summed E-state index contributed by atoms with van der Waals surface area (Å²) in [6, 6.07) is 13.3. The summed E-state index contributed by atoms with van der Waals surface area (Å²) in [6.07, 6.45) is 7.30. The second kappa shape index (κ2) is 8.55. The van der Waals surface area contributed by atoms with Gasteiger partial charge in [0.15, 0.2) is 11.5 Å². The Morgan fingerprint density at radius 3 is 2.37 bits per heavy atom. The first kappa shape index (κ1) is 20.4. The zero-order valence-corrected chi connectivity index (χ0v) is 19.6. The van der Waals surface area contributed by atoms with Crippen molar-refractivity contribution in [1.29, 1.82) is 0 Å². The van der Waals surface area contributed by atoms with Crippen molar-refractivity contribution in [3.8, 4) is 11.5 Å². The largest absolute Gasteiger partial charge is 0.493 e. The molecule has 0 aromatic heterocycles. The van der Waals surface area contributed by atoms with E-state index in [2.05, 4.69) is 64.6 Å². The molecule has 0 saturated heterocycles. The maximum atomic E-state index is 6.16. The summed E-state index contributed by atoms with van der Waals surface area (Å²) in [6.45, 7) is 3.54. The van der Waals surface area contributed by atoms with Crippen molar-refractivity contribution in [2.75, 3.05) is 7.11 Å². The summed E-state index contributed by atoms with van der Waals surface area (Å²) in [4.78, 5) is 0. The molecule has 2 aromatic rings. The molecule has 0 radical (unpaired) electrons. The van der Waals surface area contributed by atoms with Gasteiger partial charge in [-0.1, -0.05) is 24.3 Å². The van der Waals surface area contributed by atoms with Gasteiger partial charge in [0, 0.05) is 12.6 Å². The second-order valence-corrected chi connectivity index (χ2v) is 10.5. The molecule has 30 heavy (non-hydrogen) atoms. The molecule has 4 saturated carbocycles. The Kier molecular flexibility index (Phi) is 5.81. The molecule has 0 unspecified atom stereocenters. The molecule has 4 heteroatoms. The number of rotatable bonds is 7. The van der Waals surface area contributed by atoms with Gasteiger partial charge in [-0.25, -0.2) is 0 Å². The Bertz CT molecular complexity index is 884. The Hall–Kier alpha value is -1.52. The summed E-state index contributed by atoms with van der Waals surface area (Å²) in [7, 11) is 1.72. The van der Waals surface area contributed by atoms with Gasteiger partial charge in [0.05, 0.1) is 11.6 Å². The van der Waals surface area contributed by atoms with Gasteiger partial charge >= 0.3 is 0 Å². The van der Waals surface area contributed by atoms with Crippen LogP contribution in [0.3, 0.4) is 0 Å². The van der Waals surface area contributed by atoms with Gasteiger partial charge < -0.3 is 14.8 Å². The molecule has 4 aliphatic carbocycles. The Morgan fingerprint density at radius 2 is 1.70 bits per heavy atom. The highest BCUT2D eigenvalue weighted by atomic mass is 79.9. The van der Waals surface area contributed by atoms with E-state index in [-0.39, 0.29) is 0 Å². The molecule has 0 aliphatic heterocycles. The first-order valence-corrected chi connectivity index (χ1v) is 12.2. The van der Waals surface area contributed by atoms with Crippen molar-refractivity contribution in [3.05, 3.63) is 57.6 Å². The third-order valence-corrected chi connectivity index (χ3v) is 8.28. The van der Waals surface area contributed by atoms with Crippen molar-refractivity contribution in [3.63, 3.8) is 0 Å². The zero-order chi connectivity index (χ0) is 20.7. The van der Waals surface area contributed by atoms with Crippen LogP contribution in [0.4, 0.5) is 0 Å². The van der Waals surface area contributed by atoms with Gasteiger partial charge in [-0.3, -0.25) is 0 Å². The highest BCUT2D eigenvalue weighted by Gasteiger charge is 2.47. The molecule has 4 aliphatic rings. The van der Waals surface area contributed by atoms with Crippen LogP contribution in [-0.4, -0.2) is 13.2 Å². The van der Waals surface area contributed by atoms with Gasteiger partial charge in [-0.15, -0.1) is 0 Å². The summed E-state index contributed by atoms with van der Waals surface area (Å²) in [5.74, 6) is 5.39. The van der Waals surface area contributed by atoms with Crippen LogP contribution in [0.1, 0.15) is 48.8 Å². The topological polar surface area (TPSA) is 30.5 Å².